The maximum Gasteiger partial charge on any atom is 0.307 e. The Kier molecular flexibility index (Phi) is 3.40. The molecule has 0 radical (unpaired) electrons. The Hall–Kier alpha value is -2.60. The normalized spacial score (nSPS) is 9.72. The number of hydrogen-bond donors (Lipinski definition) is 1. The van der Waals surface area contributed by atoms with Crippen molar-refractivity contribution in [3.63, 3.8) is 0 Å². The Labute approximate surface area is 105 Å². The largest absolute Gasteiger partial charge is 0.481 e. The van der Waals surface area contributed by atoms with Crippen LogP contribution in [-0.2, 0) is 11.2 Å². The van der Waals surface area contributed by atoms with Gasteiger partial charge >= 0.3 is 5.97 Å². The van der Waals surface area contributed by atoms with Gasteiger partial charge in [-0.3, -0.25) is 4.79 Å². The smallest absolute Gasteiger partial charge is 0.307 e. The minimum Gasteiger partial charge on any atom is -0.481 e. The third kappa shape index (κ3) is 2.55. The van der Waals surface area contributed by atoms with Gasteiger partial charge in [0.05, 0.1) is 18.1 Å². The monoisotopic (exact) mass is 237 g/mol. The van der Waals surface area contributed by atoms with Gasteiger partial charge < -0.3 is 5.11 Å². The summed E-state index contributed by atoms with van der Waals surface area (Å²) in [4.78, 5) is 10.6. The van der Waals surface area contributed by atoms with Crippen molar-refractivity contribution < 1.29 is 9.90 Å². The molecule has 0 bridgehead atoms. The van der Waals surface area contributed by atoms with Crippen molar-refractivity contribution in [1.29, 1.82) is 5.26 Å². The third-order valence-electron chi connectivity index (χ3n) is 2.67. The highest BCUT2D eigenvalue weighted by Crippen LogP contribution is 2.23. The average Bonchev–Trinajstić information content (AvgIpc) is 2.39. The number of nitrogens with zero attached hydrogens (tertiary/aromatic N) is 1. The number of nitriles is 1. The summed E-state index contributed by atoms with van der Waals surface area (Å²) < 4.78 is 0. The first-order valence-corrected chi connectivity index (χ1v) is 5.51. The summed E-state index contributed by atoms with van der Waals surface area (Å²) in [5.74, 6) is -0.847. The molecule has 0 aliphatic heterocycles. The highest BCUT2D eigenvalue weighted by atomic mass is 16.4. The lowest BCUT2D eigenvalue weighted by molar-refractivity contribution is -0.136. The minimum atomic E-state index is -0.847. The van der Waals surface area contributed by atoms with Crippen LogP contribution in [0.5, 0.6) is 0 Å². The summed E-state index contributed by atoms with van der Waals surface area (Å²) in [6.07, 6.45) is 0.0141. The number of carboxylic acids is 1. The van der Waals surface area contributed by atoms with Crippen molar-refractivity contribution in [1.82, 2.24) is 0 Å². The van der Waals surface area contributed by atoms with Gasteiger partial charge in [-0.05, 0) is 22.8 Å². The second-order valence-corrected chi connectivity index (χ2v) is 3.92. The molecule has 2 aromatic rings. The van der Waals surface area contributed by atoms with Crippen molar-refractivity contribution in [2.45, 2.75) is 6.42 Å². The molecule has 0 aliphatic carbocycles. The van der Waals surface area contributed by atoms with Gasteiger partial charge in [0.25, 0.3) is 0 Å². The molecule has 0 fully saturated rings. The zero-order valence-corrected chi connectivity index (χ0v) is 9.63. The second-order valence-electron chi connectivity index (χ2n) is 3.92. The minimum absolute atomic E-state index is 0.0141. The van der Waals surface area contributed by atoms with E-state index in [1.165, 1.54) is 0 Å². The van der Waals surface area contributed by atoms with Gasteiger partial charge in [-0.15, -0.1) is 0 Å². The van der Waals surface area contributed by atoms with Gasteiger partial charge in [0.15, 0.2) is 0 Å². The van der Waals surface area contributed by atoms with Crippen molar-refractivity contribution in [3.05, 3.63) is 59.7 Å². The van der Waals surface area contributed by atoms with Gasteiger partial charge in [-0.2, -0.15) is 5.26 Å². The molecular formula is C15H11NO2. The Morgan fingerprint density at radius 2 is 1.78 bits per heavy atom. The Morgan fingerprint density at radius 1 is 1.11 bits per heavy atom. The quantitative estimate of drug-likeness (QED) is 0.892. The van der Waals surface area contributed by atoms with Crippen LogP contribution < -0.4 is 0 Å². The molecule has 1 N–H and O–H groups in total. The molecule has 0 aromatic heterocycles. The van der Waals surface area contributed by atoms with E-state index in [-0.39, 0.29) is 6.42 Å². The van der Waals surface area contributed by atoms with E-state index in [9.17, 15) is 4.79 Å². The standard InChI is InChI=1S/C15H11NO2/c16-10-13-3-1-2-4-14(13)12-7-5-11(6-8-12)9-15(17)18/h1-8H,9H2,(H,17,18). The van der Waals surface area contributed by atoms with Crippen LogP contribution in [0.25, 0.3) is 11.1 Å². The molecule has 0 spiro atoms. The Morgan fingerprint density at radius 3 is 2.39 bits per heavy atom. The number of carboxylic acid groups (broad SMARTS) is 1. The molecule has 0 amide bonds. The molecule has 0 unspecified atom stereocenters. The molecular weight excluding hydrogens is 226 g/mol. The van der Waals surface area contributed by atoms with E-state index in [1.807, 2.05) is 30.3 Å². The predicted octanol–water partition coefficient (Wildman–Crippen LogP) is 2.85. The molecule has 2 rings (SSSR count). The van der Waals surface area contributed by atoms with Crippen LogP contribution in [0.1, 0.15) is 11.1 Å². The average molecular weight is 237 g/mol. The van der Waals surface area contributed by atoms with Crippen LogP contribution in [0.4, 0.5) is 0 Å². The van der Waals surface area contributed by atoms with Crippen LogP contribution in [0.15, 0.2) is 48.5 Å². The van der Waals surface area contributed by atoms with E-state index in [0.29, 0.717) is 5.56 Å². The van der Waals surface area contributed by atoms with Gasteiger partial charge in [-0.1, -0.05) is 42.5 Å². The van der Waals surface area contributed by atoms with Crippen LogP contribution in [0, 0.1) is 11.3 Å². The van der Waals surface area contributed by atoms with E-state index in [2.05, 4.69) is 6.07 Å². The summed E-state index contributed by atoms with van der Waals surface area (Å²) in [7, 11) is 0. The number of rotatable bonds is 3. The van der Waals surface area contributed by atoms with Gasteiger partial charge in [0.1, 0.15) is 0 Å². The van der Waals surface area contributed by atoms with Crippen molar-refractivity contribution in [2.75, 3.05) is 0 Å². The maximum absolute atomic E-state index is 10.6. The zero-order valence-electron chi connectivity index (χ0n) is 9.63. The molecule has 88 valence electrons. The third-order valence-corrected chi connectivity index (χ3v) is 2.67. The van der Waals surface area contributed by atoms with Gasteiger partial charge in [-0.25, -0.2) is 0 Å². The summed E-state index contributed by atoms with van der Waals surface area (Å²) in [6.45, 7) is 0. The number of aliphatic carboxylic acids is 1. The predicted molar refractivity (Wildman–Crippen MR) is 67.9 cm³/mol. The fourth-order valence-corrected chi connectivity index (χ4v) is 1.81. The van der Waals surface area contributed by atoms with Crippen molar-refractivity contribution in [2.24, 2.45) is 0 Å². The molecule has 0 saturated carbocycles. The summed E-state index contributed by atoms with van der Waals surface area (Å²) in [6, 6.07) is 16.7. The molecule has 3 nitrogen and oxygen atoms in total. The van der Waals surface area contributed by atoms with E-state index in [1.54, 1.807) is 18.2 Å². The summed E-state index contributed by atoms with van der Waals surface area (Å²) in [5.41, 5.74) is 3.15. The van der Waals surface area contributed by atoms with Crippen molar-refractivity contribution in [3.8, 4) is 17.2 Å². The van der Waals surface area contributed by atoms with Crippen molar-refractivity contribution >= 4 is 5.97 Å². The highest BCUT2D eigenvalue weighted by molar-refractivity contribution is 5.73. The lowest BCUT2D eigenvalue weighted by Crippen LogP contribution is -1.99. The van der Waals surface area contributed by atoms with Gasteiger partial charge in [0, 0.05) is 0 Å². The molecule has 0 heterocycles. The molecule has 0 atom stereocenters. The maximum atomic E-state index is 10.6. The molecule has 0 saturated heterocycles. The van der Waals surface area contributed by atoms with Crippen LogP contribution in [0.2, 0.25) is 0 Å². The first kappa shape index (κ1) is 11.9. The molecule has 18 heavy (non-hydrogen) atoms. The summed E-state index contributed by atoms with van der Waals surface area (Å²) >= 11 is 0. The Balaban J connectivity index is 2.35. The van der Waals surface area contributed by atoms with E-state index >= 15 is 0 Å². The molecule has 2 aromatic carbocycles. The first-order chi connectivity index (χ1) is 8.70. The fraction of sp³-hybridized carbons (Fsp3) is 0.0667. The van der Waals surface area contributed by atoms with E-state index in [4.69, 9.17) is 10.4 Å². The van der Waals surface area contributed by atoms with E-state index in [0.717, 1.165) is 16.7 Å². The van der Waals surface area contributed by atoms with Crippen LogP contribution in [0.3, 0.4) is 0 Å². The van der Waals surface area contributed by atoms with Crippen LogP contribution in [-0.4, -0.2) is 11.1 Å². The van der Waals surface area contributed by atoms with Crippen LogP contribution >= 0.6 is 0 Å². The highest BCUT2D eigenvalue weighted by Gasteiger charge is 2.05. The Bertz CT molecular complexity index is 609. The number of benzene rings is 2. The molecule has 0 aliphatic rings. The zero-order chi connectivity index (χ0) is 13.0. The lowest BCUT2D eigenvalue weighted by Gasteiger charge is -2.05. The van der Waals surface area contributed by atoms with E-state index < -0.39 is 5.97 Å². The number of hydrogen-bond acceptors (Lipinski definition) is 2. The lowest BCUT2D eigenvalue weighted by atomic mass is 9.99. The SMILES string of the molecule is N#Cc1ccccc1-c1ccc(CC(=O)O)cc1. The number of carbonyl (C=O) groups is 1. The first-order valence-electron chi connectivity index (χ1n) is 5.51. The molecule has 3 heteroatoms. The second kappa shape index (κ2) is 5.15. The topological polar surface area (TPSA) is 61.1 Å². The fourth-order valence-electron chi connectivity index (χ4n) is 1.81. The van der Waals surface area contributed by atoms with Gasteiger partial charge in [0.2, 0.25) is 0 Å². The summed E-state index contributed by atoms with van der Waals surface area (Å²) in [5, 5.41) is 17.7.